The van der Waals surface area contributed by atoms with Crippen LogP contribution in [0.4, 0.5) is 0 Å². The second-order valence-electron chi connectivity index (χ2n) is 3.61. The van der Waals surface area contributed by atoms with Gasteiger partial charge in [-0.2, -0.15) is 0 Å². The van der Waals surface area contributed by atoms with Crippen LogP contribution in [0.2, 0.25) is 0 Å². The van der Waals surface area contributed by atoms with E-state index in [0.717, 1.165) is 6.42 Å². The van der Waals surface area contributed by atoms with Gasteiger partial charge in [-0.3, -0.25) is 9.36 Å². The maximum Gasteiger partial charge on any atom is 0.337 e. The van der Waals surface area contributed by atoms with Crippen molar-refractivity contribution in [1.29, 1.82) is 0 Å². The number of hydrogen-bond acceptors (Lipinski definition) is 4. The van der Waals surface area contributed by atoms with E-state index in [4.69, 9.17) is 0 Å². The molecular formula is C9H19O4P. The molecule has 0 aliphatic heterocycles. The lowest BCUT2D eigenvalue weighted by Crippen LogP contribution is -2.08. The van der Waals surface area contributed by atoms with Crippen molar-refractivity contribution in [3.8, 4) is 0 Å². The van der Waals surface area contributed by atoms with Gasteiger partial charge in [-0.25, -0.2) is 0 Å². The molecule has 0 bridgehead atoms. The van der Waals surface area contributed by atoms with E-state index in [0.29, 0.717) is 12.3 Å². The Balaban J connectivity index is 3.99. The van der Waals surface area contributed by atoms with Crippen LogP contribution in [0, 0.1) is 5.92 Å². The second-order valence-corrected chi connectivity index (χ2v) is 5.87. The monoisotopic (exact) mass is 222 g/mol. The van der Waals surface area contributed by atoms with Gasteiger partial charge in [0.25, 0.3) is 0 Å². The third kappa shape index (κ3) is 5.53. The summed E-state index contributed by atoms with van der Waals surface area (Å²) in [6.07, 6.45) is 1.13. The first-order valence-corrected chi connectivity index (χ1v) is 6.38. The average Bonchev–Trinajstić information content (AvgIpc) is 2.14. The van der Waals surface area contributed by atoms with Gasteiger partial charge in [0.15, 0.2) is 0 Å². The van der Waals surface area contributed by atoms with Crippen LogP contribution < -0.4 is 0 Å². The molecule has 0 N–H and O–H groups in total. The maximum absolute atomic E-state index is 11.5. The summed E-state index contributed by atoms with van der Waals surface area (Å²) in [5.41, 5.74) is 0. The highest BCUT2D eigenvalue weighted by Crippen LogP contribution is 2.46. The normalized spacial score (nSPS) is 12.1. The van der Waals surface area contributed by atoms with Crippen molar-refractivity contribution in [2.45, 2.75) is 26.7 Å². The Bertz CT molecular complexity index is 217. The summed E-state index contributed by atoms with van der Waals surface area (Å²) in [7, 11) is -0.563. The highest BCUT2D eigenvalue weighted by molar-refractivity contribution is 7.54. The SMILES string of the molecule is COP(=O)(CC(=O)CCC(C)C)OC. The minimum absolute atomic E-state index is 0.0641. The lowest BCUT2D eigenvalue weighted by molar-refractivity contribution is -0.117. The third-order valence-corrected chi connectivity index (χ3v) is 3.78. The number of carbonyl (C=O) groups is 1. The molecule has 0 radical (unpaired) electrons. The summed E-state index contributed by atoms with van der Waals surface area (Å²) in [6, 6.07) is 0. The molecule has 0 aromatic heterocycles. The predicted molar refractivity (Wildman–Crippen MR) is 55.6 cm³/mol. The van der Waals surface area contributed by atoms with Gasteiger partial charge in [-0.15, -0.1) is 0 Å². The smallest absolute Gasteiger partial charge is 0.312 e. The number of rotatable bonds is 7. The largest absolute Gasteiger partial charge is 0.337 e. The molecule has 0 fully saturated rings. The molecule has 0 unspecified atom stereocenters. The minimum atomic E-state index is -3.15. The van der Waals surface area contributed by atoms with Crippen LogP contribution in [0.5, 0.6) is 0 Å². The summed E-state index contributed by atoms with van der Waals surface area (Å²) in [5, 5.41) is 0. The van der Waals surface area contributed by atoms with Crippen LogP contribution in [0.15, 0.2) is 0 Å². The van der Waals surface area contributed by atoms with Crippen LogP contribution in [0.3, 0.4) is 0 Å². The fourth-order valence-corrected chi connectivity index (χ4v) is 1.95. The maximum atomic E-state index is 11.5. The van der Waals surface area contributed by atoms with Crippen molar-refractivity contribution in [2.75, 3.05) is 20.4 Å². The Morgan fingerprint density at radius 1 is 1.29 bits per heavy atom. The van der Waals surface area contributed by atoms with Crippen molar-refractivity contribution in [2.24, 2.45) is 5.92 Å². The van der Waals surface area contributed by atoms with Crippen LogP contribution in [-0.4, -0.2) is 26.2 Å². The first-order chi connectivity index (χ1) is 6.43. The van der Waals surface area contributed by atoms with Crippen LogP contribution in [0.1, 0.15) is 26.7 Å². The van der Waals surface area contributed by atoms with E-state index in [-0.39, 0.29) is 11.9 Å². The van der Waals surface area contributed by atoms with E-state index in [1.807, 2.05) is 13.8 Å². The van der Waals surface area contributed by atoms with E-state index in [2.05, 4.69) is 9.05 Å². The molecule has 0 heterocycles. The zero-order valence-electron chi connectivity index (χ0n) is 9.28. The van der Waals surface area contributed by atoms with Crippen molar-refractivity contribution in [3.05, 3.63) is 0 Å². The zero-order valence-corrected chi connectivity index (χ0v) is 10.2. The Labute approximate surface area is 85.5 Å². The number of hydrogen-bond donors (Lipinski definition) is 0. The van der Waals surface area contributed by atoms with E-state index in [1.165, 1.54) is 14.2 Å². The molecule has 0 aromatic carbocycles. The molecule has 4 nitrogen and oxygen atoms in total. The van der Waals surface area contributed by atoms with E-state index < -0.39 is 7.60 Å². The number of ketones is 1. The molecule has 0 spiro atoms. The molecule has 0 saturated heterocycles. The highest BCUT2D eigenvalue weighted by Gasteiger charge is 2.24. The van der Waals surface area contributed by atoms with Gasteiger partial charge in [0, 0.05) is 20.6 Å². The van der Waals surface area contributed by atoms with E-state index in [1.54, 1.807) is 0 Å². The molecule has 0 rings (SSSR count). The van der Waals surface area contributed by atoms with Gasteiger partial charge >= 0.3 is 7.60 Å². The van der Waals surface area contributed by atoms with Gasteiger partial charge < -0.3 is 9.05 Å². The van der Waals surface area contributed by atoms with E-state index in [9.17, 15) is 9.36 Å². The van der Waals surface area contributed by atoms with Crippen LogP contribution in [-0.2, 0) is 18.4 Å². The van der Waals surface area contributed by atoms with Crippen LogP contribution in [0.25, 0.3) is 0 Å². The molecule has 84 valence electrons. The summed E-state index contributed by atoms with van der Waals surface area (Å²) >= 11 is 0. The lowest BCUT2D eigenvalue weighted by Gasteiger charge is -2.12. The van der Waals surface area contributed by atoms with Gasteiger partial charge in [-0.05, 0) is 12.3 Å². The Morgan fingerprint density at radius 2 is 1.79 bits per heavy atom. The van der Waals surface area contributed by atoms with Gasteiger partial charge in [0.1, 0.15) is 11.9 Å². The molecule has 14 heavy (non-hydrogen) atoms. The quantitative estimate of drug-likeness (QED) is 0.621. The third-order valence-electron chi connectivity index (χ3n) is 1.93. The first-order valence-electron chi connectivity index (χ1n) is 4.65. The number of Topliss-reactive ketones (excluding diaryl/α,β-unsaturated/α-hetero) is 1. The Morgan fingerprint density at radius 3 is 2.14 bits per heavy atom. The van der Waals surface area contributed by atoms with Crippen LogP contribution >= 0.6 is 7.60 Å². The molecule has 0 aliphatic carbocycles. The molecule has 0 aromatic rings. The second kappa shape index (κ2) is 6.33. The minimum Gasteiger partial charge on any atom is -0.312 e. The lowest BCUT2D eigenvalue weighted by atomic mass is 10.1. The van der Waals surface area contributed by atoms with Crippen molar-refractivity contribution < 1.29 is 18.4 Å². The number of carbonyl (C=O) groups excluding carboxylic acids is 1. The highest BCUT2D eigenvalue weighted by atomic mass is 31.2. The predicted octanol–water partition coefficient (Wildman–Crippen LogP) is 2.48. The fraction of sp³-hybridized carbons (Fsp3) is 0.889. The first kappa shape index (κ1) is 13.8. The topological polar surface area (TPSA) is 52.6 Å². The molecule has 0 saturated carbocycles. The summed E-state index contributed by atoms with van der Waals surface area (Å²) < 4.78 is 20.9. The zero-order chi connectivity index (χ0) is 11.2. The Kier molecular flexibility index (Phi) is 6.25. The molecule has 0 amide bonds. The molecule has 5 heteroatoms. The van der Waals surface area contributed by atoms with Gasteiger partial charge in [-0.1, -0.05) is 13.8 Å². The van der Waals surface area contributed by atoms with Gasteiger partial charge in [0.05, 0.1) is 0 Å². The molecular weight excluding hydrogens is 203 g/mol. The summed E-state index contributed by atoms with van der Waals surface area (Å²) in [4.78, 5) is 11.3. The standard InChI is InChI=1S/C9H19O4P/c1-8(2)5-6-9(10)7-14(11,12-3)13-4/h8H,5-7H2,1-4H3. The van der Waals surface area contributed by atoms with E-state index >= 15 is 0 Å². The van der Waals surface area contributed by atoms with Crippen molar-refractivity contribution >= 4 is 13.4 Å². The molecule has 0 atom stereocenters. The summed E-state index contributed by atoms with van der Waals surface area (Å²) in [5.74, 6) is 0.411. The molecule has 0 aliphatic rings. The summed E-state index contributed by atoms with van der Waals surface area (Å²) in [6.45, 7) is 4.08. The fourth-order valence-electron chi connectivity index (χ4n) is 0.948. The van der Waals surface area contributed by atoms with Gasteiger partial charge in [0.2, 0.25) is 0 Å². The van der Waals surface area contributed by atoms with Crippen molar-refractivity contribution in [3.63, 3.8) is 0 Å². The van der Waals surface area contributed by atoms with Crippen molar-refractivity contribution in [1.82, 2.24) is 0 Å². The average molecular weight is 222 g/mol. The Hall–Kier alpha value is -0.180.